The Kier molecular flexibility index (Phi) is 8.63. The third-order valence-electron chi connectivity index (χ3n) is 9.81. The van der Waals surface area contributed by atoms with Gasteiger partial charge in [0.1, 0.15) is 6.04 Å². The summed E-state index contributed by atoms with van der Waals surface area (Å²) in [7, 11) is 0. The van der Waals surface area contributed by atoms with Crippen LogP contribution in [0.25, 0.3) is 10.8 Å². The zero-order chi connectivity index (χ0) is 31.8. The first-order valence-corrected chi connectivity index (χ1v) is 16.5. The number of fused-ring (bicyclic) bond motifs is 2. The van der Waals surface area contributed by atoms with Gasteiger partial charge in [0.05, 0.1) is 35.8 Å². The van der Waals surface area contributed by atoms with Gasteiger partial charge in [0.25, 0.3) is 5.91 Å². The van der Waals surface area contributed by atoms with Crippen molar-refractivity contribution < 1.29 is 24.2 Å². The van der Waals surface area contributed by atoms with E-state index < -0.39 is 33.4 Å². The van der Waals surface area contributed by atoms with Gasteiger partial charge in [-0.1, -0.05) is 72.8 Å². The van der Waals surface area contributed by atoms with Crippen molar-refractivity contribution in [3.63, 3.8) is 0 Å². The van der Waals surface area contributed by atoms with E-state index in [4.69, 9.17) is 4.74 Å². The van der Waals surface area contributed by atoms with E-state index in [0.717, 1.165) is 22.8 Å². The van der Waals surface area contributed by atoms with Gasteiger partial charge in [-0.2, -0.15) is 0 Å². The molecule has 2 amide bonds. The maximum atomic E-state index is 15.1. The molecule has 0 aliphatic carbocycles. The molecule has 1 N–H and O–H groups in total. The minimum absolute atomic E-state index is 0.238. The van der Waals surface area contributed by atoms with Crippen molar-refractivity contribution in [2.45, 2.75) is 54.2 Å². The average Bonchev–Trinajstić information content (AvgIpc) is 3.63. The Morgan fingerprint density at radius 2 is 1.80 bits per heavy atom. The highest BCUT2D eigenvalue weighted by atomic mass is 32.2. The number of carbonyl (C=O) groups is 3. The molecule has 6 atom stereocenters. The van der Waals surface area contributed by atoms with Crippen molar-refractivity contribution in [3.8, 4) is 0 Å². The van der Waals surface area contributed by atoms with Crippen LogP contribution in [-0.2, 0) is 19.1 Å². The molecule has 6 rings (SSSR count). The number of nitrogens with zero attached hydrogens (tertiary/aromatic N) is 2. The second-order valence-corrected chi connectivity index (χ2v) is 14.3. The molecule has 7 nitrogen and oxygen atoms in total. The number of ether oxygens (including phenoxy) is 1. The van der Waals surface area contributed by atoms with Gasteiger partial charge in [0.15, 0.2) is 0 Å². The van der Waals surface area contributed by atoms with E-state index in [1.807, 2.05) is 79.7 Å². The standard InChI is InChI=1S/C37H40N2O5S/c1-4-6-12-22-44-35(43)31-30-33(41)39(29(24-40)26-14-8-7-9-15-26)32(37(30)20-19-36(31,3)45-37)34(42)38(21-5-2)28-18-17-25-13-10-11-16-27(25)23-28/h4-5,7-11,13-18,23,29-32,40H,1-2,6,12,19-22,24H2,3H3/t29-,30+,31+,32?,36-,37?/m1/s1. The Hall–Kier alpha value is -3.88. The van der Waals surface area contributed by atoms with Crippen LogP contribution in [0.5, 0.6) is 0 Å². The highest BCUT2D eigenvalue weighted by Crippen LogP contribution is 2.72. The van der Waals surface area contributed by atoms with Crippen LogP contribution in [0.4, 0.5) is 5.69 Å². The number of thioether (sulfide) groups is 1. The lowest BCUT2D eigenvalue weighted by molar-refractivity contribution is -0.156. The molecule has 3 heterocycles. The minimum Gasteiger partial charge on any atom is -0.465 e. The van der Waals surface area contributed by atoms with Gasteiger partial charge in [-0.05, 0) is 61.1 Å². The van der Waals surface area contributed by atoms with Crippen LogP contribution in [0.1, 0.15) is 44.2 Å². The zero-order valence-electron chi connectivity index (χ0n) is 25.6. The molecule has 8 heteroatoms. The summed E-state index contributed by atoms with van der Waals surface area (Å²) in [6.45, 7) is 9.84. The predicted molar refractivity (Wildman–Crippen MR) is 179 cm³/mol. The lowest BCUT2D eigenvalue weighted by Crippen LogP contribution is -2.56. The molecule has 3 aliphatic rings. The first-order chi connectivity index (χ1) is 21.8. The first-order valence-electron chi connectivity index (χ1n) is 15.7. The summed E-state index contributed by atoms with van der Waals surface area (Å²) in [5, 5.41) is 12.9. The second kappa shape index (κ2) is 12.5. The minimum atomic E-state index is -0.913. The van der Waals surface area contributed by atoms with Crippen LogP contribution in [0.3, 0.4) is 0 Å². The van der Waals surface area contributed by atoms with Gasteiger partial charge < -0.3 is 19.6 Å². The highest BCUT2D eigenvalue weighted by Gasteiger charge is 2.78. The van der Waals surface area contributed by atoms with E-state index in [2.05, 4.69) is 13.2 Å². The number of hydrogen-bond donors (Lipinski definition) is 1. The number of benzene rings is 3. The first kappa shape index (κ1) is 31.1. The van der Waals surface area contributed by atoms with E-state index >= 15 is 4.79 Å². The summed E-state index contributed by atoms with van der Waals surface area (Å²) in [4.78, 5) is 46.9. The fourth-order valence-corrected chi connectivity index (χ4v) is 10.1. The molecule has 3 fully saturated rings. The number of likely N-dealkylation sites (tertiary alicyclic amines) is 1. The number of amides is 2. The molecule has 3 aliphatic heterocycles. The number of rotatable bonds is 12. The van der Waals surface area contributed by atoms with Crippen molar-refractivity contribution >= 4 is 46.0 Å². The SMILES string of the molecule is C=CCCCOC(=O)[C@@H]1[C@H]2C(=O)N([C@H](CO)c3ccccc3)C(C(=O)N(CC=C)c3ccc4ccccc4c3)C23CC[C@@]1(C)S3. The van der Waals surface area contributed by atoms with Crippen molar-refractivity contribution in [1.82, 2.24) is 4.90 Å². The van der Waals surface area contributed by atoms with E-state index in [0.29, 0.717) is 24.9 Å². The number of allylic oxidation sites excluding steroid dienone is 1. The van der Waals surface area contributed by atoms with Gasteiger partial charge in [-0.3, -0.25) is 14.4 Å². The number of anilines is 1. The van der Waals surface area contributed by atoms with Crippen molar-refractivity contribution in [1.29, 1.82) is 0 Å². The van der Waals surface area contributed by atoms with E-state index in [9.17, 15) is 14.7 Å². The normalized spacial score (nSPS) is 27.3. The Bertz CT molecular complexity index is 1630. The molecule has 0 radical (unpaired) electrons. The number of carbonyl (C=O) groups excluding carboxylic acids is 3. The number of esters is 1. The smallest absolute Gasteiger partial charge is 0.311 e. The van der Waals surface area contributed by atoms with Gasteiger partial charge in [-0.25, -0.2) is 0 Å². The van der Waals surface area contributed by atoms with E-state index in [1.54, 1.807) is 33.7 Å². The quantitative estimate of drug-likeness (QED) is 0.149. The summed E-state index contributed by atoms with van der Waals surface area (Å²) in [5.41, 5.74) is 1.44. The Balaban J connectivity index is 1.45. The largest absolute Gasteiger partial charge is 0.465 e. The van der Waals surface area contributed by atoms with Crippen molar-refractivity contribution in [3.05, 3.63) is 104 Å². The summed E-state index contributed by atoms with van der Waals surface area (Å²) < 4.78 is 4.37. The zero-order valence-corrected chi connectivity index (χ0v) is 26.5. The van der Waals surface area contributed by atoms with E-state index in [-0.39, 0.29) is 37.5 Å². The van der Waals surface area contributed by atoms with Crippen LogP contribution in [0, 0.1) is 11.8 Å². The summed E-state index contributed by atoms with van der Waals surface area (Å²) in [5.74, 6) is -2.36. The van der Waals surface area contributed by atoms with E-state index in [1.165, 1.54) is 0 Å². The van der Waals surface area contributed by atoms with Crippen LogP contribution in [-0.4, -0.2) is 63.1 Å². The number of aliphatic hydroxyl groups excluding tert-OH is 1. The van der Waals surface area contributed by atoms with Crippen LogP contribution in [0.15, 0.2) is 98.1 Å². The highest BCUT2D eigenvalue weighted by molar-refractivity contribution is 8.02. The predicted octanol–water partition coefficient (Wildman–Crippen LogP) is 6.08. The molecule has 0 saturated carbocycles. The maximum absolute atomic E-state index is 15.1. The molecule has 234 valence electrons. The molecule has 3 aromatic rings. The third-order valence-corrected chi connectivity index (χ3v) is 11.8. The molecule has 1 spiro atoms. The second-order valence-electron chi connectivity index (χ2n) is 12.4. The Morgan fingerprint density at radius 1 is 1.07 bits per heavy atom. The molecule has 2 unspecified atom stereocenters. The molecule has 2 bridgehead atoms. The molecule has 0 aromatic heterocycles. The summed E-state index contributed by atoms with van der Waals surface area (Å²) in [6.07, 6.45) is 6.14. The lowest BCUT2D eigenvalue weighted by atomic mass is 9.66. The van der Waals surface area contributed by atoms with Gasteiger partial charge in [0, 0.05) is 17.0 Å². The van der Waals surface area contributed by atoms with Crippen molar-refractivity contribution in [2.24, 2.45) is 11.8 Å². The van der Waals surface area contributed by atoms with Crippen LogP contribution in [0.2, 0.25) is 0 Å². The number of hydrogen-bond acceptors (Lipinski definition) is 6. The van der Waals surface area contributed by atoms with Gasteiger partial charge in [-0.15, -0.1) is 24.9 Å². The number of aliphatic hydroxyl groups is 1. The van der Waals surface area contributed by atoms with Crippen molar-refractivity contribution in [2.75, 3.05) is 24.7 Å². The molecule has 3 saturated heterocycles. The van der Waals surface area contributed by atoms with Crippen LogP contribution >= 0.6 is 11.8 Å². The van der Waals surface area contributed by atoms with Gasteiger partial charge >= 0.3 is 5.97 Å². The van der Waals surface area contributed by atoms with Gasteiger partial charge in [0.2, 0.25) is 5.91 Å². The average molecular weight is 625 g/mol. The molecule has 3 aromatic carbocycles. The maximum Gasteiger partial charge on any atom is 0.311 e. The summed E-state index contributed by atoms with van der Waals surface area (Å²) >= 11 is 1.60. The fraction of sp³-hybridized carbons (Fsp3) is 0.378. The molecular weight excluding hydrogens is 584 g/mol. The van der Waals surface area contributed by atoms with Crippen LogP contribution < -0.4 is 4.90 Å². The third kappa shape index (κ3) is 5.18. The molecular formula is C37H40N2O5S. The monoisotopic (exact) mass is 624 g/mol. The topological polar surface area (TPSA) is 87.1 Å². The Labute approximate surface area is 268 Å². The summed E-state index contributed by atoms with van der Waals surface area (Å²) in [6, 6.07) is 21.5. The fourth-order valence-electron chi connectivity index (χ4n) is 7.80. The Morgan fingerprint density at radius 3 is 2.51 bits per heavy atom. The molecule has 45 heavy (non-hydrogen) atoms. The number of unbranched alkanes of at least 4 members (excludes halogenated alkanes) is 1. The lowest BCUT2D eigenvalue weighted by Gasteiger charge is -2.39.